The van der Waals surface area contributed by atoms with Gasteiger partial charge in [-0.3, -0.25) is 0 Å². The lowest BCUT2D eigenvalue weighted by Crippen LogP contribution is -2.85. The molecule has 0 saturated heterocycles. The zero-order valence-corrected chi connectivity index (χ0v) is 13.9. The number of thiophene rings is 1. The van der Waals surface area contributed by atoms with Gasteiger partial charge in [-0.05, 0) is 37.4 Å². The van der Waals surface area contributed by atoms with Crippen LogP contribution >= 0.6 is 22.9 Å². The molecule has 0 amide bonds. The van der Waals surface area contributed by atoms with Crippen LogP contribution in [0.4, 0.5) is 0 Å². The molecule has 0 unspecified atom stereocenters. The molecule has 2 N–H and O–H groups in total. The number of rotatable bonds is 5. The monoisotopic (exact) mass is 334 g/mol. The van der Waals surface area contributed by atoms with Crippen LogP contribution in [0.25, 0.3) is 10.8 Å². The Labute approximate surface area is 138 Å². The molecule has 0 saturated carbocycles. The molecule has 22 heavy (non-hydrogen) atoms. The minimum Gasteiger partial charge on any atom is -0.414 e. The van der Waals surface area contributed by atoms with E-state index in [1.807, 2.05) is 35.7 Å². The number of nitrogens with two attached hydrogens (primary N) is 1. The van der Waals surface area contributed by atoms with Gasteiger partial charge in [0.2, 0.25) is 0 Å². The van der Waals surface area contributed by atoms with Crippen molar-refractivity contribution in [3.05, 3.63) is 58.3 Å². The zero-order chi connectivity index (χ0) is 15.5. The molecule has 0 aliphatic rings. The van der Waals surface area contributed by atoms with E-state index in [9.17, 15) is 0 Å². The maximum absolute atomic E-state index is 6.05. The smallest absolute Gasteiger partial charge is 0.274 e. The van der Waals surface area contributed by atoms with Gasteiger partial charge in [0.25, 0.3) is 11.8 Å². The summed E-state index contributed by atoms with van der Waals surface area (Å²) in [6.07, 6.45) is 0. The number of aromatic nitrogens is 2. The molecular formula is C16H17ClN3OS+. The van der Waals surface area contributed by atoms with Gasteiger partial charge < -0.3 is 9.73 Å². The van der Waals surface area contributed by atoms with E-state index >= 15 is 0 Å². The molecule has 0 aliphatic carbocycles. The first-order valence-corrected chi connectivity index (χ1v) is 8.37. The molecule has 0 radical (unpaired) electrons. The minimum atomic E-state index is 0.0789. The Balaban J connectivity index is 1.70. The van der Waals surface area contributed by atoms with Gasteiger partial charge in [-0.1, -0.05) is 29.8 Å². The summed E-state index contributed by atoms with van der Waals surface area (Å²) in [5.74, 6) is 1.22. The summed E-state index contributed by atoms with van der Waals surface area (Å²) in [6.45, 7) is 4.20. The first-order valence-electron chi connectivity index (χ1n) is 7.11. The van der Waals surface area contributed by atoms with E-state index in [0.29, 0.717) is 11.8 Å². The van der Waals surface area contributed by atoms with Crippen molar-refractivity contribution in [2.75, 3.05) is 0 Å². The molecule has 114 valence electrons. The van der Waals surface area contributed by atoms with Crippen molar-refractivity contribution in [1.29, 1.82) is 0 Å². The fourth-order valence-corrected chi connectivity index (χ4v) is 3.18. The summed E-state index contributed by atoms with van der Waals surface area (Å²) < 4.78 is 5.78. The Morgan fingerprint density at radius 2 is 2.00 bits per heavy atom. The van der Waals surface area contributed by atoms with Gasteiger partial charge in [0.1, 0.15) is 6.04 Å². The van der Waals surface area contributed by atoms with Crippen molar-refractivity contribution in [3.8, 4) is 10.8 Å². The summed E-state index contributed by atoms with van der Waals surface area (Å²) in [4.78, 5) is 0.994. The van der Waals surface area contributed by atoms with Gasteiger partial charge in [-0.25, -0.2) is 0 Å². The maximum Gasteiger partial charge on any atom is 0.274 e. The van der Waals surface area contributed by atoms with Crippen molar-refractivity contribution in [2.45, 2.75) is 25.9 Å². The van der Waals surface area contributed by atoms with Crippen LogP contribution in [0.1, 0.15) is 37.4 Å². The van der Waals surface area contributed by atoms with E-state index in [0.717, 1.165) is 9.90 Å². The average Bonchev–Trinajstić information content (AvgIpc) is 3.18. The van der Waals surface area contributed by atoms with E-state index in [-0.39, 0.29) is 12.1 Å². The summed E-state index contributed by atoms with van der Waals surface area (Å²) in [6, 6.07) is 12.2. The predicted molar refractivity (Wildman–Crippen MR) is 87.8 cm³/mol. The fourth-order valence-electron chi connectivity index (χ4n) is 2.33. The third-order valence-electron chi connectivity index (χ3n) is 3.51. The van der Waals surface area contributed by atoms with Gasteiger partial charge in [-0.15, -0.1) is 21.5 Å². The van der Waals surface area contributed by atoms with Crippen LogP contribution in [0.15, 0.2) is 46.2 Å². The average molecular weight is 335 g/mol. The van der Waals surface area contributed by atoms with E-state index in [2.05, 4.69) is 35.4 Å². The molecule has 2 atom stereocenters. The van der Waals surface area contributed by atoms with E-state index in [1.54, 1.807) is 11.3 Å². The van der Waals surface area contributed by atoms with Gasteiger partial charge >= 0.3 is 0 Å². The third-order valence-corrected chi connectivity index (χ3v) is 4.61. The van der Waals surface area contributed by atoms with E-state index < -0.39 is 0 Å². The molecule has 3 aromatic rings. The highest BCUT2D eigenvalue weighted by Crippen LogP contribution is 2.24. The lowest BCUT2D eigenvalue weighted by atomic mass is 10.1. The highest BCUT2D eigenvalue weighted by atomic mass is 35.5. The molecule has 0 fully saturated rings. The van der Waals surface area contributed by atoms with Gasteiger partial charge in [-0.2, -0.15) is 0 Å². The number of benzene rings is 1. The van der Waals surface area contributed by atoms with Crippen LogP contribution in [0.2, 0.25) is 5.02 Å². The Morgan fingerprint density at radius 3 is 2.73 bits per heavy atom. The summed E-state index contributed by atoms with van der Waals surface area (Å²) in [5.41, 5.74) is 1.18. The molecule has 3 rings (SSSR count). The number of nitrogens with zero attached hydrogens (tertiary/aromatic N) is 2. The minimum absolute atomic E-state index is 0.0789. The molecule has 1 aromatic carbocycles. The van der Waals surface area contributed by atoms with Crippen LogP contribution in [0.3, 0.4) is 0 Å². The quantitative estimate of drug-likeness (QED) is 0.771. The number of hydrogen-bond acceptors (Lipinski definition) is 4. The summed E-state index contributed by atoms with van der Waals surface area (Å²) in [5, 5.41) is 13.2. The molecule has 0 aliphatic heterocycles. The van der Waals surface area contributed by atoms with Crippen LogP contribution in [0, 0.1) is 0 Å². The standard InChI is InChI=1S/C16H16ClN3OS/c1-10(12-5-3-6-13(17)9-12)18-11(2)15-19-20-16(21-15)14-7-4-8-22-14/h3-11,18H,1-2H3/p+1/t10-,11-/m0/s1. The second-order valence-corrected chi connectivity index (χ2v) is 6.63. The Bertz CT molecular complexity index is 741. The first kappa shape index (κ1) is 15.2. The fraction of sp³-hybridized carbons (Fsp3) is 0.250. The zero-order valence-electron chi connectivity index (χ0n) is 12.4. The SMILES string of the molecule is C[C@H]([NH2+][C@@H](C)c1nnc(-c2cccs2)o1)c1cccc(Cl)c1. The highest BCUT2D eigenvalue weighted by molar-refractivity contribution is 7.13. The maximum atomic E-state index is 6.05. The van der Waals surface area contributed by atoms with Crippen molar-refractivity contribution in [3.63, 3.8) is 0 Å². The molecule has 0 spiro atoms. The molecule has 4 nitrogen and oxygen atoms in total. The van der Waals surface area contributed by atoms with Crippen LogP contribution < -0.4 is 5.32 Å². The number of hydrogen-bond donors (Lipinski definition) is 1. The van der Waals surface area contributed by atoms with E-state index in [1.165, 1.54) is 5.56 Å². The van der Waals surface area contributed by atoms with Crippen molar-refractivity contribution >= 4 is 22.9 Å². The van der Waals surface area contributed by atoms with Crippen molar-refractivity contribution in [2.24, 2.45) is 0 Å². The Hall–Kier alpha value is -1.69. The normalized spacial score (nSPS) is 14.0. The van der Waals surface area contributed by atoms with Crippen molar-refractivity contribution < 1.29 is 9.73 Å². The topological polar surface area (TPSA) is 55.5 Å². The van der Waals surface area contributed by atoms with Gasteiger partial charge in [0, 0.05) is 10.6 Å². The largest absolute Gasteiger partial charge is 0.414 e. The lowest BCUT2D eigenvalue weighted by molar-refractivity contribution is -0.730. The summed E-state index contributed by atoms with van der Waals surface area (Å²) >= 11 is 7.64. The Morgan fingerprint density at radius 1 is 1.14 bits per heavy atom. The third kappa shape index (κ3) is 3.38. The van der Waals surface area contributed by atoms with Crippen molar-refractivity contribution in [1.82, 2.24) is 10.2 Å². The van der Waals surface area contributed by atoms with Gasteiger partial charge in [0.05, 0.1) is 4.88 Å². The molecule has 0 bridgehead atoms. The molecule has 2 heterocycles. The molecule has 6 heteroatoms. The molecular weight excluding hydrogens is 318 g/mol. The number of quaternary nitrogens is 1. The highest BCUT2D eigenvalue weighted by Gasteiger charge is 2.21. The number of halogens is 1. The van der Waals surface area contributed by atoms with Gasteiger partial charge in [0.15, 0.2) is 6.04 Å². The first-order chi connectivity index (χ1) is 10.6. The Kier molecular flexibility index (Phi) is 4.57. The predicted octanol–water partition coefficient (Wildman–Crippen LogP) is 3.84. The second kappa shape index (κ2) is 6.60. The van der Waals surface area contributed by atoms with Crippen LogP contribution in [0.5, 0.6) is 0 Å². The van der Waals surface area contributed by atoms with Crippen LogP contribution in [-0.4, -0.2) is 10.2 Å². The molecule has 2 aromatic heterocycles. The second-order valence-electron chi connectivity index (χ2n) is 5.25. The van der Waals surface area contributed by atoms with Crippen LogP contribution in [-0.2, 0) is 0 Å². The van der Waals surface area contributed by atoms with E-state index in [4.69, 9.17) is 16.0 Å². The summed E-state index contributed by atoms with van der Waals surface area (Å²) in [7, 11) is 0. The lowest BCUT2D eigenvalue weighted by Gasteiger charge is -2.14.